The van der Waals surface area contributed by atoms with Crippen molar-refractivity contribution < 1.29 is 9.26 Å². The topological polar surface area (TPSA) is 87.7 Å². The lowest BCUT2D eigenvalue weighted by Crippen LogP contribution is -1.88. The minimum Gasteiger partial charge on any atom is -0.496 e. The Morgan fingerprint density at radius 3 is 2.81 bits per heavy atom. The maximum absolute atomic E-state index is 8.80. The Kier molecular flexibility index (Phi) is 3.16. The van der Waals surface area contributed by atoms with Gasteiger partial charge in [-0.2, -0.15) is 10.2 Å². The highest BCUT2D eigenvalue weighted by Gasteiger charge is 2.13. The molecule has 0 saturated heterocycles. The molecule has 0 aliphatic rings. The number of benzene rings is 1. The quantitative estimate of drug-likeness (QED) is 0.796. The number of aromatic nitrogens is 3. The van der Waals surface area contributed by atoms with Crippen molar-refractivity contribution in [2.45, 2.75) is 6.92 Å². The Morgan fingerprint density at radius 2 is 2.14 bits per heavy atom. The molecule has 0 amide bonds. The molecule has 0 radical (unpaired) electrons. The fraction of sp³-hybridized carbons (Fsp3) is 0.133. The van der Waals surface area contributed by atoms with Crippen molar-refractivity contribution in [3.8, 4) is 34.7 Å². The summed E-state index contributed by atoms with van der Waals surface area (Å²) in [5.74, 6) is 1.68. The van der Waals surface area contributed by atoms with Crippen LogP contribution < -0.4 is 4.74 Å². The van der Waals surface area contributed by atoms with E-state index in [4.69, 9.17) is 14.5 Å². The van der Waals surface area contributed by atoms with Crippen LogP contribution in [0.5, 0.6) is 5.75 Å². The van der Waals surface area contributed by atoms with E-state index in [2.05, 4.69) is 15.1 Å². The number of aromatic amines is 1. The lowest BCUT2D eigenvalue weighted by molar-refractivity contribution is 0.411. The fourth-order valence-electron chi connectivity index (χ4n) is 2.06. The van der Waals surface area contributed by atoms with Crippen molar-refractivity contribution in [2.75, 3.05) is 7.11 Å². The predicted molar refractivity (Wildman–Crippen MR) is 75.5 cm³/mol. The van der Waals surface area contributed by atoms with Crippen molar-refractivity contribution in [2.24, 2.45) is 0 Å². The zero-order chi connectivity index (χ0) is 14.8. The van der Waals surface area contributed by atoms with Crippen molar-refractivity contribution in [3.05, 3.63) is 41.7 Å². The maximum Gasteiger partial charge on any atom is 0.259 e. The normalized spacial score (nSPS) is 10.3. The van der Waals surface area contributed by atoms with Crippen LogP contribution in [0.25, 0.3) is 22.8 Å². The molecule has 3 rings (SSSR count). The van der Waals surface area contributed by atoms with Crippen LogP contribution in [0.15, 0.2) is 35.0 Å². The summed E-state index contributed by atoms with van der Waals surface area (Å²) in [5, 5.41) is 12.8. The Morgan fingerprint density at radius 1 is 1.29 bits per heavy atom. The van der Waals surface area contributed by atoms with Gasteiger partial charge in [-0.3, -0.25) is 0 Å². The highest BCUT2D eigenvalue weighted by atomic mass is 16.5. The van der Waals surface area contributed by atoms with Gasteiger partial charge in [0.2, 0.25) is 5.82 Å². The van der Waals surface area contributed by atoms with Gasteiger partial charge in [-0.15, -0.1) is 0 Å². The standard InChI is InChI=1S/C15H12N4O2/c1-9-5-10(3-4-13(9)20-2)14-18-15(21-19-14)11-6-12(7-16)17-8-11/h3-6,8,17H,1-2H3. The number of nitrogens with one attached hydrogen (secondary N) is 1. The number of hydrogen-bond acceptors (Lipinski definition) is 5. The second-order valence-corrected chi connectivity index (χ2v) is 4.52. The zero-order valence-corrected chi connectivity index (χ0v) is 11.5. The first kappa shape index (κ1) is 12.9. The third-order valence-corrected chi connectivity index (χ3v) is 3.13. The summed E-state index contributed by atoms with van der Waals surface area (Å²) in [5.41, 5.74) is 2.98. The minimum atomic E-state index is 0.372. The van der Waals surface area contributed by atoms with E-state index in [0.717, 1.165) is 16.9 Å². The molecule has 2 aromatic heterocycles. The summed E-state index contributed by atoms with van der Waals surface area (Å²) in [6, 6.07) is 9.35. The van der Waals surface area contributed by atoms with Crippen molar-refractivity contribution in [3.63, 3.8) is 0 Å². The molecular weight excluding hydrogens is 268 g/mol. The predicted octanol–water partition coefficient (Wildman–Crippen LogP) is 2.92. The molecule has 6 heteroatoms. The minimum absolute atomic E-state index is 0.372. The zero-order valence-electron chi connectivity index (χ0n) is 11.5. The molecule has 0 unspecified atom stereocenters. The molecule has 3 aromatic rings. The lowest BCUT2D eigenvalue weighted by atomic mass is 10.1. The van der Waals surface area contributed by atoms with E-state index >= 15 is 0 Å². The van der Waals surface area contributed by atoms with Gasteiger partial charge < -0.3 is 14.2 Å². The lowest BCUT2D eigenvalue weighted by Gasteiger charge is -2.04. The molecule has 0 spiro atoms. The number of methoxy groups -OCH3 is 1. The first-order valence-electron chi connectivity index (χ1n) is 6.29. The molecule has 0 bridgehead atoms. The van der Waals surface area contributed by atoms with Crippen LogP contribution in [0.3, 0.4) is 0 Å². The van der Waals surface area contributed by atoms with E-state index in [0.29, 0.717) is 23.0 Å². The van der Waals surface area contributed by atoms with Crippen molar-refractivity contribution >= 4 is 0 Å². The van der Waals surface area contributed by atoms with Crippen LogP contribution in [0.2, 0.25) is 0 Å². The molecule has 0 aliphatic carbocycles. The number of rotatable bonds is 3. The molecule has 0 aliphatic heterocycles. The summed E-state index contributed by atoms with van der Waals surface area (Å²) in [6.45, 7) is 1.95. The van der Waals surface area contributed by atoms with Gasteiger partial charge in [-0.25, -0.2) is 0 Å². The Balaban J connectivity index is 1.94. The molecule has 104 valence electrons. The van der Waals surface area contributed by atoms with E-state index < -0.39 is 0 Å². The maximum atomic E-state index is 8.80. The number of ether oxygens (including phenoxy) is 1. The fourth-order valence-corrected chi connectivity index (χ4v) is 2.06. The van der Waals surface area contributed by atoms with Crippen LogP contribution in [0.4, 0.5) is 0 Å². The van der Waals surface area contributed by atoms with E-state index in [1.807, 2.05) is 31.2 Å². The highest BCUT2D eigenvalue weighted by Crippen LogP contribution is 2.26. The summed E-state index contributed by atoms with van der Waals surface area (Å²) >= 11 is 0. The van der Waals surface area contributed by atoms with E-state index in [9.17, 15) is 0 Å². The second-order valence-electron chi connectivity index (χ2n) is 4.52. The van der Waals surface area contributed by atoms with Gasteiger partial charge in [0.1, 0.15) is 17.5 Å². The monoisotopic (exact) mass is 280 g/mol. The number of nitrogens with zero attached hydrogens (tertiary/aromatic N) is 3. The Labute approximate surface area is 121 Å². The summed E-state index contributed by atoms with van der Waals surface area (Å²) in [7, 11) is 1.63. The molecule has 21 heavy (non-hydrogen) atoms. The first-order chi connectivity index (χ1) is 10.2. The van der Waals surface area contributed by atoms with Crippen LogP contribution in [-0.2, 0) is 0 Å². The molecule has 6 nitrogen and oxygen atoms in total. The van der Waals surface area contributed by atoms with Gasteiger partial charge in [0.25, 0.3) is 5.89 Å². The van der Waals surface area contributed by atoms with Crippen molar-refractivity contribution in [1.82, 2.24) is 15.1 Å². The average Bonchev–Trinajstić information content (AvgIpc) is 3.15. The van der Waals surface area contributed by atoms with Crippen LogP contribution >= 0.6 is 0 Å². The van der Waals surface area contributed by atoms with E-state index in [-0.39, 0.29) is 0 Å². The molecule has 0 saturated carbocycles. The Bertz CT molecular complexity index is 826. The Hall–Kier alpha value is -3.07. The van der Waals surface area contributed by atoms with Gasteiger partial charge in [0.15, 0.2) is 0 Å². The van der Waals surface area contributed by atoms with Gasteiger partial charge in [0.05, 0.1) is 12.7 Å². The molecule has 0 fully saturated rings. The SMILES string of the molecule is COc1ccc(-c2noc(-c3c[nH]c(C#N)c3)n2)cc1C. The van der Waals surface area contributed by atoms with Gasteiger partial charge in [-0.05, 0) is 36.8 Å². The van der Waals surface area contributed by atoms with E-state index in [1.54, 1.807) is 19.4 Å². The van der Waals surface area contributed by atoms with Crippen LogP contribution in [-0.4, -0.2) is 22.2 Å². The third kappa shape index (κ3) is 2.37. The highest BCUT2D eigenvalue weighted by molar-refractivity contribution is 5.62. The largest absolute Gasteiger partial charge is 0.496 e. The molecule has 0 atom stereocenters. The van der Waals surface area contributed by atoms with Crippen LogP contribution in [0, 0.1) is 18.3 Å². The number of aryl methyl sites for hydroxylation is 1. The van der Waals surface area contributed by atoms with Crippen molar-refractivity contribution in [1.29, 1.82) is 5.26 Å². The first-order valence-corrected chi connectivity index (χ1v) is 6.29. The summed E-state index contributed by atoms with van der Waals surface area (Å²) in [4.78, 5) is 7.17. The smallest absolute Gasteiger partial charge is 0.259 e. The molecule has 1 aromatic carbocycles. The summed E-state index contributed by atoms with van der Waals surface area (Å²) in [6.07, 6.45) is 1.66. The molecule has 1 N–H and O–H groups in total. The van der Waals surface area contributed by atoms with Gasteiger partial charge in [0, 0.05) is 11.8 Å². The number of hydrogen-bond donors (Lipinski definition) is 1. The molecule has 2 heterocycles. The van der Waals surface area contributed by atoms with Gasteiger partial charge in [-0.1, -0.05) is 5.16 Å². The number of H-pyrrole nitrogens is 1. The average molecular weight is 280 g/mol. The molecular formula is C15H12N4O2. The summed E-state index contributed by atoms with van der Waals surface area (Å²) < 4.78 is 10.5. The number of nitriles is 1. The van der Waals surface area contributed by atoms with Gasteiger partial charge >= 0.3 is 0 Å². The van der Waals surface area contributed by atoms with Crippen LogP contribution in [0.1, 0.15) is 11.3 Å². The third-order valence-electron chi connectivity index (χ3n) is 3.13. The second kappa shape index (κ2) is 5.13. The van der Waals surface area contributed by atoms with E-state index in [1.165, 1.54) is 0 Å².